The molecule has 0 heterocycles. The molecule has 1 saturated carbocycles. The molecular weight excluding hydrogens is 188 g/mol. The number of hydrogen-bond acceptors (Lipinski definition) is 2. The van der Waals surface area contributed by atoms with Gasteiger partial charge in [-0.3, -0.25) is 0 Å². The maximum Gasteiger partial charge on any atom is 0.0779 e. The molecular formula is C13H22O2. The average molecular weight is 210 g/mol. The summed E-state index contributed by atoms with van der Waals surface area (Å²) in [6.45, 7) is 3.62. The molecule has 0 saturated heterocycles. The van der Waals surface area contributed by atoms with Crippen LogP contribution in [-0.2, 0) is 0 Å². The summed E-state index contributed by atoms with van der Waals surface area (Å²) in [5.74, 6) is 0.628. The van der Waals surface area contributed by atoms with Crippen molar-refractivity contribution in [1.29, 1.82) is 0 Å². The molecule has 2 N–H and O–H groups in total. The third kappa shape index (κ3) is 2.26. The van der Waals surface area contributed by atoms with Crippen LogP contribution < -0.4 is 0 Å². The first-order valence-corrected chi connectivity index (χ1v) is 6.09. The van der Waals surface area contributed by atoms with E-state index < -0.39 is 11.7 Å². The van der Waals surface area contributed by atoms with Crippen LogP contribution in [0.2, 0.25) is 0 Å². The van der Waals surface area contributed by atoms with Crippen molar-refractivity contribution in [2.45, 2.75) is 57.7 Å². The van der Waals surface area contributed by atoms with Crippen molar-refractivity contribution >= 4 is 0 Å². The van der Waals surface area contributed by atoms with Gasteiger partial charge >= 0.3 is 0 Å². The van der Waals surface area contributed by atoms with E-state index in [2.05, 4.69) is 0 Å². The van der Waals surface area contributed by atoms with Crippen molar-refractivity contribution in [1.82, 2.24) is 0 Å². The van der Waals surface area contributed by atoms with Gasteiger partial charge in [0.1, 0.15) is 0 Å². The second-order valence-corrected chi connectivity index (χ2v) is 5.67. The van der Waals surface area contributed by atoms with E-state index in [1.54, 1.807) is 0 Å². The summed E-state index contributed by atoms with van der Waals surface area (Å²) < 4.78 is 0. The number of hydrogen-bond donors (Lipinski definition) is 2. The third-order valence-corrected chi connectivity index (χ3v) is 4.04. The lowest BCUT2D eigenvalue weighted by Crippen LogP contribution is -2.42. The van der Waals surface area contributed by atoms with Crippen LogP contribution in [0.5, 0.6) is 0 Å². The minimum absolute atomic E-state index is 0.00403. The highest BCUT2D eigenvalue weighted by Gasteiger charge is 2.38. The molecule has 0 spiro atoms. The summed E-state index contributed by atoms with van der Waals surface area (Å²) in [4.78, 5) is 0. The van der Waals surface area contributed by atoms with Crippen molar-refractivity contribution in [2.24, 2.45) is 11.8 Å². The van der Waals surface area contributed by atoms with E-state index in [0.717, 1.165) is 12.8 Å². The molecule has 0 aromatic heterocycles. The summed E-state index contributed by atoms with van der Waals surface area (Å²) in [7, 11) is 0. The molecule has 3 atom stereocenters. The molecule has 0 unspecified atom stereocenters. The van der Waals surface area contributed by atoms with Crippen LogP contribution in [0.3, 0.4) is 0 Å². The Morgan fingerprint density at radius 1 is 1.33 bits per heavy atom. The third-order valence-electron chi connectivity index (χ3n) is 4.04. The maximum atomic E-state index is 10.0. The summed E-state index contributed by atoms with van der Waals surface area (Å²) >= 11 is 0. The summed E-state index contributed by atoms with van der Waals surface area (Å²) in [6.07, 6.45) is 7.48. The Morgan fingerprint density at radius 3 is 2.73 bits per heavy atom. The van der Waals surface area contributed by atoms with Gasteiger partial charge in [-0.15, -0.1) is 0 Å². The van der Waals surface area contributed by atoms with Crippen LogP contribution >= 0.6 is 0 Å². The van der Waals surface area contributed by atoms with E-state index in [1.807, 2.05) is 19.9 Å². The number of fused-ring (bicyclic) bond motifs is 1. The van der Waals surface area contributed by atoms with Crippen LogP contribution in [0.15, 0.2) is 11.6 Å². The quantitative estimate of drug-likeness (QED) is 0.652. The van der Waals surface area contributed by atoms with E-state index in [-0.39, 0.29) is 5.92 Å². The van der Waals surface area contributed by atoms with E-state index in [9.17, 15) is 10.2 Å². The lowest BCUT2D eigenvalue weighted by molar-refractivity contribution is -0.0461. The molecule has 2 heteroatoms. The van der Waals surface area contributed by atoms with E-state index in [0.29, 0.717) is 5.92 Å². The Hall–Kier alpha value is -0.340. The van der Waals surface area contributed by atoms with Crippen LogP contribution in [-0.4, -0.2) is 21.9 Å². The zero-order chi connectivity index (χ0) is 11.1. The lowest BCUT2D eigenvalue weighted by Gasteiger charge is -2.41. The van der Waals surface area contributed by atoms with Gasteiger partial charge in [0, 0.05) is 5.92 Å². The molecule has 0 radical (unpaired) electrons. The van der Waals surface area contributed by atoms with Gasteiger partial charge in [-0.05, 0) is 45.4 Å². The van der Waals surface area contributed by atoms with Gasteiger partial charge in [0.15, 0.2) is 0 Å². The SMILES string of the molecule is CC(C)(O)[C@@H]1C[C@H]2CCCCC2=C[C@H]1O. The highest BCUT2D eigenvalue weighted by atomic mass is 16.3. The second-order valence-electron chi connectivity index (χ2n) is 5.67. The molecule has 2 rings (SSSR count). The number of rotatable bonds is 1. The van der Waals surface area contributed by atoms with E-state index in [4.69, 9.17) is 0 Å². The molecule has 0 aromatic rings. The van der Waals surface area contributed by atoms with Gasteiger partial charge in [0.05, 0.1) is 11.7 Å². The first kappa shape index (κ1) is 11.2. The summed E-state index contributed by atoms with van der Waals surface area (Å²) in [5, 5.41) is 20.0. The first-order valence-electron chi connectivity index (χ1n) is 6.09. The molecule has 86 valence electrons. The predicted molar refractivity (Wildman–Crippen MR) is 60.5 cm³/mol. The number of allylic oxidation sites excluding steroid dienone is 1. The highest BCUT2D eigenvalue weighted by molar-refractivity contribution is 5.17. The van der Waals surface area contributed by atoms with Crippen molar-refractivity contribution in [3.8, 4) is 0 Å². The fourth-order valence-corrected chi connectivity index (χ4v) is 3.09. The van der Waals surface area contributed by atoms with Gasteiger partial charge in [-0.1, -0.05) is 18.1 Å². The van der Waals surface area contributed by atoms with Gasteiger partial charge in [0.25, 0.3) is 0 Å². The monoisotopic (exact) mass is 210 g/mol. The van der Waals surface area contributed by atoms with Crippen molar-refractivity contribution in [2.75, 3.05) is 0 Å². The standard InChI is InChI=1S/C13H22O2/c1-13(2,15)11-7-9-5-3-4-6-10(9)8-12(11)14/h8-9,11-12,14-15H,3-7H2,1-2H3/t9-,11-,12-/m1/s1. The van der Waals surface area contributed by atoms with Gasteiger partial charge in [-0.2, -0.15) is 0 Å². The Balaban J connectivity index is 2.17. The molecule has 0 bridgehead atoms. The van der Waals surface area contributed by atoms with Crippen molar-refractivity contribution in [3.63, 3.8) is 0 Å². The fourth-order valence-electron chi connectivity index (χ4n) is 3.09. The molecule has 2 aliphatic rings. The first-order chi connectivity index (χ1) is 6.98. The van der Waals surface area contributed by atoms with Crippen LogP contribution in [0.25, 0.3) is 0 Å². The van der Waals surface area contributed by atoms with E-state index >= 15 is 0 Å². The summed E-state index contributed by atoms with van der Waals surface area (Å²) in [6, 6.07) is 0. The Morgan fingerprint density at radius 2 is 2.07 bits per heavy atom. The lowest BCUT2D eigenvalue weighted by atomic mass is 9.68. The molecule has 0 amide bonds. The zero-order valence-corrected chi connectivity index (χ0v) is 9.74. The van der Waals surface area contributed by atoms with Crippen LogP contribution in [0, 0.1) is 11.8 Å². The Bertz CT molecular complexity index is 262. The zero-order valence-electron chi connectivity index (χ0n) is 9.74. The fraction of sp³-hybridized carbons (Fsp3) is 0.846. The molecule has 0 aliphatic heterocycles. The van der Waals surface area contributed by atoms with Gasteiger partial charge in [-0.25, -0.2) is 0 Å². The van der Waals surface area contributed by atoms with Crippen molar-refractivity contribution < 1.29 is 10.2 Å². The largest absolute Gasteiger partial charge is 0.390 e. The topological polar surface area (TPSA) is 40.5 Å². The minimum Gasteiger partial charge on any atom is -0.390 e. The highest BCUT2D eigenvalue weighted by Crippen LogP contribution is 2.42. The number of aliphatic hydroxyl groups is 2. The van der Waals surface area contributed by atoms with Gasteiger partial charge in [0.2, 0.25) is 0 Å². The summed E-state index contributed by atoms with van der Waals surface area (Å²) in [5.41, 5.74) is 0.674. The predicted octanol–water partition coefficient (Wildman–Crippen LogP) is 2.25. The molecule has 2 nitrogen and oxygen atoms in total. The van der Waals surface area contributed by atoms with Crippen molar-refractivity contribution in [3.05, 3.63) is 11.6 Å². The number of aliphatic hydroxyl groups excluding tert-OH is 1. The van der Waals surface area contributed by atoms with Gasteiger partial charge < -0.3 is 10.2 Å². The molecule has 0 aromatic carbocycles. The smallest absolute Gasteiger partial charge is 0.0779 e. The minimum atomic E-state index is -0.765. The Labute approximate surface area is 92.0 Å². The maximum absolute atomic E-state index is 10.0. The Kier molecular flexibility index (Phi) is 2.91. The molecule has 1 fully saturated rings. The van der Waals surface area contributed by atoms with Crippen LogP contribution in [0.1, 0.15) is 46.0 Å². The normalized spacial score (nSPS) is 37.1. The van der Waals surface area contributed by atoms with Crippen LogP contribution in [0.4, 0.5) is 0 Å². The molecule has 15 heavy (non-hydrogen) atoms. The van der Waals surface area contributed by atoms with E-state index in [1.165, 1.54) is 24.8 Å². The average Bonchev–Trinajstić information content (AvgIpc) is 2.15. The molecule has 2 aliphatic carbocycles. The second kappa shape index (κ2) is 3.91.